The molecule has 0 fully saturated rings. The largest absolute Gasteiger partial charge is 0.443 e. The lowest BCUT2D eigenvalue weighted by Crippen LogP contribution is -2.38. The number of hydrogen-bond donors (Lipinski definition) is 0. The van der Waals surface area contributed by atoms with E-state index in [4.69, 9.17) is 4.74 Å². The molecule has 4 heteroatoms. The zero-order valence-corrected chi connectivity index (χ0v) is 17.5. The highest BCUT2D eigenvalue weighted by Gasteiger charge is 2.39. The lowest BCUT2D eigenvalue weighted by Gasteiger charge is -2.21. The van der Waals surface area contributed by atoms with E-state index in [2.05, 4.69) is 37.0 Å². The number of para-hydroxylation sites is 1. The maximum atomic E-state index is 13.2. The van der Waals surface area contributed by atoms with Crippen molar-refractivity contribution in [3.05, 3.63) is 71.6 Å². The smallest absolute Gasteiger partial charge is 0.419 e. The minimum absolute atomic E-state index is 0.312. The summed E-state index contributed by atoms with van der Waals surface area (Å²) in [4.78, 5) is 13.2. The van der Waals surface area contributed by atoms with Gasteiger partial charge in [-0.1, -0.05) is 67.3 Å². The number of rotatable bonds is 1. The van der Waals surface area contributed by atoms with Crippen LogP contribution in [0, 0.1) is 0 Å². The average Bonchev–Trinajstić information content (AvgIpc) is 3.07. The molecule has 0 N–H and O–H groups in total. The molecule has 0 radical (unpaired) electrons. The maximum Gasteiger partial charge on any atom is 0.419 e. The Morgan fingerprint density at radius 3 is 2.26 bits per heavy atom. The highest BCUT2D eigenvalue weighted by Crippen LogP contribution is 2.37. The molecule has 0 atom stereocenters. The Morgan fingerprint density at radius 1 is 0.963 bits per heavy atom. The number of fused-ring (bicyclic) bond motifs is 3. The number of carbonyl (C=O) groups is 1. The van der Waals surface area contributed by atoms with Crippen molar-refractivity contribution in [1.29, 1.82) is 0 Å². The third kappa shape index (κ3) is 2.94. The lowest BCUT2D eigenvalue weighted by atomic mass is 10.0. The van der Waals surface area contributed by atoms with Gasteiger partial charge in [0, 0.05) is 5.39 Å². The number of benzene rings is 2. The molecule has 2 aromatic carbocycles. The van der Waals surface area contributed by atoms with E-state index < -0.39 is 13.7 Å². The first-order valence-corrected chi connectivity index (χ1v) is 12.4. The third-order valence-corrected chi connectivity index (χ3v) is 7.75. The molecular weight excluding hydrogens is 350 g/mol. The van der Waals surface area contributed by atoms with Gasteiger partial charge in [0.1, 0.15) is 13.7 Å². The van der Waals surface area contributed by atoms with Crippen LogP contribution >= 0.6 is 0 Å². The standard InChI is InChI=1S/C23H25NO2Si/c1-23(2,3)26-22(25)24-19-14-10-9-13-17(19)21-20(24)18(15-27(21,4)5)16-11-7-6-8-12-16/h6-15H,1-5H3. The molecule has 0 amide bonds. The van der Waals surface area contributed by atoms with Crippen LogP contribution in [0.15, 0.2) is 60.3 Å². The fourth-order valence-electron chi connectivity index (χ4n) is 3.98. The first kappa shape index (κ1) is 17.8. The Labute approximate surface area is 161 Å². The average molecular weight is 376 g/mol. The van der Waals surface area contributed by atoms with Gasteiger partial charge in [-0.05, 0) is 43.2 Å². The van der Waals surface area contributed by atoms with Crippen molar-refractivity contribution < 1.29 is 9.53 Å². The van der Waals surface area contributed by atoms with Crippen LogP contribution in [0.3, 0.4) is 0 Å². The lowest BCUT2D eigenvalue weighted by molar-refractivity contribution is 0.0543. The summed E-state index contributed by atoms with van der Waals surface area (Å²) in [7, 11) is -1.85. The Hall–Kier alpha value is -2.59. The van der Waals surface area contributed by atoms with Crippen molar-refractivity contribution >= 4 is 35.8 Å². The molecule has 0 saturated carbocycles. The first-order valence-electron chi connectivity index (χ1n) is 9.35. The van der Waals surface area contributed by atoms with Crippen molar-refractivity contribution in [2.45, 2.75) is 39.5 Å². The van der Waals surface area contributed by atoms with Crippen LogP contribution in [0.2, 0.25) is 13.1 Å². The van der Waals surface area contributed by atoms with Gasteiger partial charge in [-0.2, -0.15) is 0 Å². The van der Waals surface area contributed by atoms with E-state index in [1.165, 1.54) is 5.19 Å². The molecule has 1 aliphatic rings. The quantitative estimate of drug-likeness (QED) is 0.539. The second-order valence-electron chi connectivity index (χ2n) is 8.70. The first-order chi connectivity index (χ1) is 12.7. The van der Waals surface area contributed by atoms with Crippen LogP contribution in [-0.2, 0) is 4.74 Å². The van der Waals surface area contributed by atoms with Gasteiger partial charge < -0.3 is 4.74 Å². The molecular formula is C23H25NO2Si. The molecule has 2 heterocycles. The SMILES string of the molecule is CC(C)(C)OC(=O)n1c2c(c3ccccc31)[Si](C)(C)C=C2c1ccccc1. The topological polar surface area (TPSA) is 31.2 Å². The molecule has 0 bridgehead atoms. The summed E-state index contributed by atoms with van der Waals surface area (Å²) in [6.07, 6.45) is -0.312. The van der Waals surface area contributed by atoms with Crippen LogP contribution in [0.5, 0.6) is 0 Å². The highest BCUT2D eigenvalue weighted by atomic mass is 28.3. The van der Waals surface area contributed by atoms with Gasteiger partial charge in [0.05, 0.1) is 11.2 Å². The van der Waals surface area contributed by atoms with E-state index in [0.29, 0.717) is 0 Å². The molecule has 3 nitrogen and oxygen atoms in total. The zero-order chi connectivity index (χ0) is 19.4. The minimum atomic E-state index is -1.85. The molecule has 1 aromatic heterocycles. The molecule has 4 rings (SSSR count). The monoisotopic (exact) mass is 375 g/mol. The summed E-state index contributed by atoms with van der Waals surface area (Å²) in [5, 5.41) is 2.49. The third-order valence-electron chi connectivity index (χ3n) is 4.94. The van der Waals surface area contributed by atoms with Gasteiger partial charge >= 0.3 is 6.09 Å². The molecule has 1 aliphatic heterocycles. The highest BCUT2D eigenvalue weighted by molar-refractivity contribution is 6.98. The fraction of sp³-hybridized carbons (Fsp3) is 0.261. The van der Waals surface area contributed by atoms with E-state index in [1.54, 1.807) is 4.57 Å². The van der Waals surface area contributed by atoms with Crippen molar-refractivity contribution in [3.8, 4) is 0 Å². The Bertz CT molecular complexity index is 1070. The van der Waals surface area contributed by atoms with Crippen LogP contribution in [-0.4, -0.2) is 24.3 Å². The molecule has 3 aromatic rings. The molecule has 0 spiro atoms. The van der Waals surface area contributed by atoms with Crippen molar-refractivity contribution in [2.24, 2.45) is 0 Å². The van der Waals surface area contributed by atoms with Crippen LogP contribution in [0.4, 0.5) is 4.79 Å². The predicted octanol–water partition coefficient (Wildman–Crippen LogP) is 5.32. The summed E-state index contributed by atoms with van der Waals surface area (Å²) < 4.78 is 7.57. The Kier molecular flexibility index (Phi) is 3.93. The minimum Gasteiger partial charge on any atom is -0.443 e. The van der Waals surface area contributed by atoms with Gasteiger partial charge in [-0.25, -0.2) is 9.36 Å². The molecule has 0 unspecified atom stereocenters. The summed E-state index contributed by atoms with van der Waals surface area (Å²) in [5.41, 5.74) is 6.08. The van der Waals surface area contributed by atoms with Gasteiger partial charge in [0.2, 0.25) is 0 Å². The van der Waals surface area contributed by atoms with Crippen molar-refractivity contribution in [2.75, 3.05) is 0 Å². The number of ether oxygens (including phenoxy) is 1. The molecule has 0 aliphatic carbocycles. The summed E-state index contributed by atoms with van der Waals surface area (Å²) in [5.74, 6) is 0. The summed E-state index contributed by atoms with van der Waals surface area (Å²) in [6, 6.07) is 18.5. The second kappa shape index (κ2) is 5.96. The van der Waals surface area contributed by atoms with E-state index >= 15 is 0 Å². The van der Waals surface area contributed by atoms with Crippen LogP contribution < -0.4 is 5.19 Å². The van der Waals surface area contributed by atoms with Gasteiger partial charge in [0.15, 0.2) is 0 Å². The van der Waals surface area contributed by atoms with E-state index in [0.717, 1.165) is 27.7 Å². The van der Waals surface area contributed by atoms with Crippen LogP contribution in [0.25, 0.3) is 16.5 Å². The Morgan fingerprint density at radius 2 is 1.59 bits per heavy atom. The predicted molar refractivity (Wildman–Crippen MR) is 114 cm³/mol. The van der Waals surface area contributed by atoms with Crippen LogP contribution in [0.1, 0.15) is 32.0 Å². The number of hydrogen-bond acceptors (Lipinski definition) is 2. The molecule has 27 heavy (non-hydrogen) atoms. The van der Waals surface area contributed by atoms with E-state index in [-0.39, 0.29) is 6.09 Å². The Balaban J connectivity index is 2.03. The van der Waals surface area contributed by atoms with Crippen molar-refractivity contribution in [3.63, 3.8) is 0 Å². The summed E-state index contributed by atoms with van der Waals surface area (Å²) in [6.45, 7) is 10.4. The fourth-order valence-corrected chi connectivity index (χ4v) is 6.92. The number of aromatic nitrogens is 1. The molecule has 138 valence electrons. The second-order valence-corrected chi connectivity index (χ2v) is 12.9. The molecule has 0 saturated heterocycles. The number of nitrogens with zero attached hydrogens (tertiary/aromatic N) is 1. The van der Waals surface area contributed by atoms with Gasteiger partial charge in [-0.15, -0.1) is 0 Å². The normalized spacial score (nSPS) is 15.5. The van der Waals surface area contributed by atoms with Gasteiger partial charge in [-0.3, -0.25) is 0 Å². The van der Waals surface area contributed by atoms with E-state index in [1.807, 2.05) is 57.2 Å². The maximum absolute atomic E-state index is 13.2. The summed E-state index contributed by atoms with van der Waals surface area (Å²) >= 11 is 0. The van der Waals surface area contributed by atoms with Crippen molar-refractivity contribution in [1.82, 2.24) is 4.57 Å². The van der Waals surface area contributed by atoms with Gasteiger partial charge in [0.25, 0.3) is 0 Å². The number of carbonyl (C=O) groups excluding carboxylic acids is 1. The zero-order valence-electron chi connectivity index (χ0n) is 16.5. The van der Waals surface area contributed by atoms with E-state index in [9.17, 15) is 4.79 Å².